The lowest BCUT2D eigenvalue weighted by molar-refractivity contribution is -0.120. The van der Waals surface area contributed by atoms with Crippen LogP contribution in [0.15, 0.2) is 48.0 Å². The van der Waals surface area contributed by atoms with Gasteiger partial charge in [-0.3, -0.25) is 4.79 Å². The second-order valence-corrected chi connectivity index (χ2v) is 7.56. The smallest absolute Gasteiger partial charge is 0.229 e. The lowest BCUT2D eigenvalue weighted by Crippen LogP contribution is -2.41. The highest BCUT2D eigenvalue weighted by Crippen LogP contribution is 2.31. The molecule has 0 aliphatic carbocycles. The molecule has 1 N–H and O–H groups in total. The third kappa shape index (κ3) is 3.37. The Bertz CT molecular complexity index is 887. The molecule has 2 aromatic heterocycles. The van der Waals surface area contributed by atoms with Crippen molar-refractivity contribution < 1.29 is 4.79 Å². The predicted molar refractivity (Wildman–Crippen MR) is 104 cm³/mol. The molecule has 0 saturated carbocycles. The first kappa shape index (κ1) is 16.1. The van der Waals surface area contributed by atoms with Gasteiger partial charge in [0.2, 0.25) is 5.91 Å². The fourth-order valence-electron chi connectivity index (χ4n) is 3.40. The van der Waals surface area contributed by atoms with Gasteiger partial charge in [0.25, 0.3) is 0 Å². The maximum atomic E-state index is 12.7. The van der Waals surface area contributed by atoms with Gasteiger partial charge in [0.05, 0.1) is 5.92 Å². The second-order valence-electron chi connectivity index (χ2n) is 6.61. The molecular formula is C20H21N3OS. The monoisotopic (exact) mass is 351 g/mol. The zero-order valence-electron chi connectivity index (χ0n) is 14.2. The van der Waals surface area contributed by atoms with Crippen LogP contribution in [-0.2, 0) is 4.79 Å². The van der Waals surface area contributed by atoms with Crippen LogP contribution in [0, 0.1) is 12.8 Å². The van der Waals surface area contributed by atoms with Gasteiger partial charge < -0.3 is 10.2 Å². The van der Waals surface area contributed by atoms with Crippen LogP contribution in [0.5, 0.6) is 0 Å². The fourth-order valence-corrected chi connectivity index (χ4v) is 4.17. The van der Waals surface area contributed by atoms with Crippen LogP contribution in [-0.4, -0.2) is 24.0 Å². The quantitative estimate of drug-likeness (QED) is 0.758. The van der Waals surface area contributed by atoms with Gasteiger partial charge in [-0.25, -0.2) is 4.98 Å². The van der Waals surface area contributed by atoms with Gasteiger partial charge in [0.1, 0.15) is 5.82 Å². The standard InChI is InChI=1S/C20H21N3OS/c1-14-4-6-16(7-5-14)22-20(24)15-3-2-11-23(13-15)19-17-9-12-25-18(17)8-10-21-19/h4-10,12,15H,2-3,11,13H2,1H3,(H,22,24)/t15-/m1/s1. The van der Waals surface area contributed by atoms with E-state index in [1.807, 2.05) is 37.4 Å². The number of amides is 1. The Morgan fingerprint density at radius 2 is 2.08 bits per heavy atom. The zero-order valence-corrected chi connectivity index (χ0v) is 15.1. The van der Waals surface area contributed by atoms with Crippen molar-refractivity contribution in [3.05, 3.63) is 53.5 Å². The number of nitrogens with one attached hydrogen (secondary N) is 1. The number of aryl methyl sites for hydroxylation is 1. The van der Waals surface area contributed by atoms with E-state index in [4.69, 9.17) is 0 Å². The van der Waals surface area contributed by atoms with E-state index in [-0.39, 0.29) is 11.8 Å². The van der Waals surface area contributed by atoms with Crippen molar-refractivity contribution in [3.8, 4) is 0 Å². The highest BCUT2D eigenvalue weighted by atomic mass is 32.1. The molecule has 3 heterocycles. The van der Waals surface area contributed by atoms with Gasteiger partial charge in [0.15, 0.2) is 0 Å². The molecule has 5 heteroatoms. The molecule has 1 aliphatic heterocycles. The summed E-state index contributed by atoms with van der Waals surface area (Å²) >= 11 is 1.73. The summed E-state index contributed by atoms with van der Waals surface area (Å²) in [4.78, 5) is 19.5. The van der Waals surface area contributed by atoms with Gasteiger partial charge in [-0.15, -0.1) is 11.3 Å². The van der Waals surface area contributed by atoms with Crippen LogP contribution in [0.4, 0.5) is 11.5 Å². The van der Waals surface area contributed by atoms with E-state index < -0.39 is 0 Å². The first-order valence-corrected chi connectivity index (χ1v) is 9.53. The van der Waals surface area contributed by atoms with Crippen molar-refractivity contribution in [2.24, 2.45) is 5.92 Å². The molecule has 128 valence electrons. The maximum absolute atomic E-state index is 12.7. The first-order valence-electron chi connectivity index (χ1n) is 8.65. The molecule has 25 heavy (non-hydrogen) atoms. The lowest BCUT2D eigenvalue weighted by atomic mass is 9.96. The second kappa shape index (κ2) is 6.84. The molecule has 1 aromatic carbocycles. The first-order chi connectivity index (χ1) is 12.2. The van der Waals surface area contributed by atoms with Crippen LogP contribution in [0.1, 0.15) is 18.4 Å². The highest BCUT2D eigenvalue weighted by Gasteiger charge is 2.27. The van der Waals surface area contributed by atoms with Gasteiger partial charge in [-0.2, -0.15) is 0 Å². The summed E-state index contributed by atoms with van der Waals surface area (Å²) in [5.41, 5.74) is 2.06. The largest absolute Gasteiger partial charge is 0.355 e. The summed E-state index contributed by atoms with van der Waals surface area (Å²) in [6, 6.07) is 12.1. The molecule has 1 amide bonds. The number of nitrogens with zero attached hydrogens (tertiary/aromatic N) is 2. The Labute approximate surface area is 151 Å². The van der Waals surface area contributed by atoms with Crippen LogP contribution >= 0.6 is 11.3 Å². The number of piperidine rings is 1. The van der Waals surface area contributed by atoms with Crippen molar-refractivity contribution in [1.82, 2.24) is 4.98 Å². The van der Waals surface area contributed by atoms with Gasteiger partial charge in [0, 0.05) is 35.1 Å². The van der Waals surface area contributed by atoms with E-state index in [1.165, 1.54) is 15.6 Å². The molecule has 3 aromatic rings. The number of aromatic nitrogens is 1. The lowest BCUT2D eigenvalue weighted by Gasteiger charge is -2.33. The van der Waals surface area contributed by atoms with E-state index >= 15 is 0 Å². The van der Waals surface area contributed by atoms with Gasteiger partial charge in [-0.05, 0) is 49.4 Å². The summed E-state index contributed by atoms with van der Waals surface area (Å²) in [6.45, 7) is 3.72. The minimum atomic E-state index is -0.00857. The number of fused-ring (bicyclic) bond motifs is 1. The number of anilines is 2. The third-order valence-corrected chi connectivity index (χ3v) is 5.65. The third-order valence-electron chi connectivity index (χ3n) is 4.77. The molecule has 0 unspecified atom stereocenters. The summed E-state index contributed by atoms with van der Waals surface area (Å²) in [5.74, 6) is 1.10. The van der Waals surface area contributed by atoms with Crippen LogP contribution in [0.2, 0.25) is 0 Å². The molecule has 1 atom stereocenters. The molecule has 0 spiro atoms. The molecular weight excluding hydrogens is 330 g/mol. The summed E-state index contributed by atoms with van der Waals surface area (Å²) < 4.78 is 1.25. The molecule has 1 fully saturated rings. The number of rotatable bonds is 3. The molecule has 4 nitrogen and oxygen atoms in total. The minimum Gasteiger partial charge on any atom is -0.355 e. The number of thiophene rings is 1. The molecule has 0 radical (unpaired) electrons. The van der Waals surface area contributed by atoms with Crippen molar-refractivity contribution in [1.29, 1.82) is 0 Å². The van der Waals surface area contributed by atoms with Crippen molar-refractivity contribution in [2.75, 3.05) is 23.3 Å². The van der Waals surface area contributed by atoms with E-state index in [1.54, 1.807) is 11.3 Å². The van der Waals surface area contributed by atoms with E-state index in [9.17, 15) is 4.79 Å². The van der Waals surface area contributed by atoms with Crippen molar-refractivity contribution in [2.45, 2.75) is 19.8 Å². The van der Waals surface area contributed by atoms with Crippen LogP contribution < -0.4 is 10.2 Å². The number of carbonyl (C=O) groups is 1. The molecule has 0 bridgehead atoms. The van der Waals surface area contributed by atoms with Crippen molar-refractivity contribution in [3.63, 3.8) is 0 Å². The van der Waals surface area contributed by atoms with Crippen LogP contribution in [0.25, 0.3) is 10.1 Å². The highest BCUT2D eigenvalue weighted by molar-refractivity contribution is 7.17. The number of benzene rings is 1. The number of hydrogen-bond acceptors (Lipinski definition) is 4. The summed E-state index contributed by atoms with van der Waals surface area (Å²) in [5, 5.41) is 6.34. The number of pyridine rings is 1. The average molecular weight is 351 g/mol. The average Bonchev–Trinajstić information content (AvgIpc) is 3.12. The summed E-state index contributed by atoms with van der Waals surface area (Å²) in [7, 11) is 0. The fraction of sp³-hybridized carbons (Fsp3) is 0.300. The topological polar surface area (TPSA) is 45.2 Å². The minimum absolute atomic E-state index is 0.00857. The Kier molecular flexibility index (Phi) is 4.40. The van der Waals surface area contributed by atoms with Crippen molar-refractivity contribution >= 4 is 38.8 Å². The number of carbonyl (C=O) groups excluding carboxylic acids is 1. The van der Waals surface area contributed by atoms with E-state index in [0.29, 0.717) is 0 Å². The Morgan fingerprint density at radius 1 is 1.24 bits per heavy atom. The summed E-state index contributed by atoms with van der Waals surface area (Å²) in [6.07, 6.45) is 3.80. The predicted octanol–water partition coefficient (Wildman–Crippen LogP) is 4.46. The van der Waals surface area contributed by atoms with E-state index in [0.717, 1.165) is 37.4 Å². The Hall–Kier alpha value is -2.40. The van der Waals surface area contributed by atoms with Crippen LogP contribution in [0.3, 0.4) is 0 Å². The van der Waals surface area contributed by atoms with Gasteiger partial charge >= 0.3 is 0 Å². The molecule has 4 rings (SSSR count). The molecule has 1 saturated heterocycles. The molecule has 1 aliphatic rings. The van der Waals surface area contributed by atoms with Gasteiger partial charge in [-0.1, -0.05) is 17.7 Å². The Balaban J connectivity index is 1.50. The number of hydrogen-bond donors (Lipinski definition) is 1. The van der Waals surface area contributed by atoms with E-state index in [2.05, 4.69) is 32.7 Å². The SMILES string of the molecule is Cc1ccc(NC(=O)[C@@H]2CCCN(c3nccc4sccc34)C2)cc1. The maximum Gasteiger partial charge on any atom is 0.229 e. The normalized spacial score (nSPS) is 17.6. The zero-order chi connectivity index (χ0) is 17.2. The Morgan fingerprint density at radius 3 is 2.92 bits per heavy atom.